The molecule has 0 fully saturated rings. The van der Waals surface area contributed by atoms with Crippen molar-refractivity contribution in [1.29, 1.82) is 0 Å². The van der Waals surface area contributed by atoms with E-state index in [1.165, 1.54) is 12.4 Å². The molecular formula is C13H14FN3O3. The standard InChI is InChI=1S/C13H14FN3O3/c1-2-5-17-12(15-8-16-17)7-20-11-6-9(14)3-4-10(11)13(18)19/h3-4,6,8H,2,5,7H2,1H3,(H,18,19). The normalized spacial score (nSPS) is 10.5. The van der Waals surface area contributed by atoms with Gasteiger partial charge in [-0.1, -0.05) is 6.92 Å². The first kappa shape index (κ1) is 14.0. The van der Waals surface area contributed by atoms with Crippen LogP contribution in [0, 0.1) is 5.82 Å². The maximum absolute atomic E-state index is 13.2. The fourth-order valence-electron chi connectivity index (χ4n) is 1.73. The van der Waals surface area contributed by atoms with Crippen LogP contribution in [0.3, 0.4) is 0 Å². The first-order valence-electron chi connectivity index (χ1n) is 6.14. The van der Waals surface area contributed by atoms with E-state index >= 15 is 0 Å². The third-order valence-corrected chi connectivity index (χ3v) is 2.66. The van der Waals surface area contributed by atoms with E-state index < -0.39 is 11.8 Å². The molecule has 1 aromatic carbocycles. The lowest BCUT2D eigenvalue weighted by Gasteiger charge is -2.09. The van der Waals surface area contributed by atoms with Crippen molar-refractivity contribution in [3.05, 3.63) is 41.7 Å². The van der Waals surface area contributed by atoms with Crippen molar-refractivity contribution >= 4 is 5.97 Å². The number of carboxylic acid groups (broad SMARTS) is 1. The van der Waals surface area contributed by atoms with E-state index in [0.29, 0.717) is 12.4 Å². The number of benzene rings is 1. The molecule has 2 rings (SSSR count). The van der Waals surface area contributed by atoms with E-state index in [0.717, 1.165) is 18.6 Å². The van der Waals surface area contributed by atoms with Gasteiger partial charge in [0.2, 0.25) is 0 Å². The molecule has 2 aromatic rings. The molecule has 0 atom stereocenters. The van der Waals surface area contributed by atoms with Gasteiger partial charge in [0, 0.05) is 12.6 Å². The molecule has 1 aromatic heterocycles. The molecular weight excluding hydrogens is 265 g/mol. The summed E-state index contributed by atoms with van der Waals surface area (Å²) in [6, 6.07) is 3.30. The van der Waals surface area contributed by atoms with Crippen molar-refractivity contribution in [3.63, 3.8) is 0 Å². The van der Waals surface area contributed by atoms with Gasteiger partial charge in [-0.05, 0) is 18.6 Å². The van der Waals surface area contributed by atoms with Crippen LogP contribution in [0.25, 0.3) is 0 Å². The average Bonchev–Trinajstić information content (AvgIpc) is 2.84. The van der Waals surface area contributed by atoms with Crippen LogP contribution in [0.5, 0.6) is 5.75 Å². The Morgan fingerprint density at radius 3 is 3.00 bits per heavy atom. The zero-order valence-electron chi connectivity index (χ0n) is 10.9. The van der Waals surface area contributed by atoms with Crippen molar-refractivity contribution < 1.29 is 19.0 Å². The minimum Gasteiger partial charge on any atom is -0.485 e. The molecule has 0 radical (unpaired) electrons. The third-order valence-electron chi connectivity index (χ3n) is 2.66. The molecule has 7 heteroatoms. The summed E-state index contributed by atoms with van der Waals surface area (Å²) in [5.41, 5.74) is -0.0899. The smallest absolute Gasteiger partial charge is 0.339 e. The molecule has 20 heavy (non-hydrogen) atoms. The summed E-state index contributed by atoms with van der Waals surface area (Å²) in [6.07, 6.45) is 2.29. The molecule has 0 aliphatic heterocycles. The number of carbonyl (C=O) groups is 1. The quantitative estimate of drug-likeness (QED) is 0.876. The third kappa shape index (κ3) is 3.11. The largest absolute Gasteiger partial charge is 0.485 e. The monoisotopic (exact) mass is 279 g/mol. The van der Waals surface area contributed by atoms with Crippen molar-refractivity contribution in [1.82, 2.24) is 14.8 Å². The predicted octanol–water partition coefficient (Wildman–Crippen LogP) is 2.10. The molecule has 0 amide bonds. The van der Waals surface area contributed by atoms with Crippen LogP contribution in [-0.4, -0.2) is 25.8 Å². The fraction of sp³-hybridized carbons (Fsp3) is 0.308. The van der Waals surface area contributed by atoms with E-state index in [2.05, 4.69) is 10.1 Å². The van der Waals surface area contributed by atoms with Crippen LogP contribution in [0.2, 0.25) is 0 Å². The van der Waals surface area contributed by atoms with Gasteiger partial charge in [-0.2, -0.15) is 5.10 Å². The lowest BCUT2D eigenvalue weighted by molar-refractivity contribution is 0.0691. The van der Waals surface area contributed by atoms with Gasteiger partial charge >= 0.3 is 5.97 Å². The SMILES string of the molecule is CCCn1ncnc1COc1cc(F)ccc1C(=O)O. The molecule has 0 saturated heterocycles. The zero-order valence-corrected chi connectivity index (χ0v) is 10.9. The molecule has 0 aliphatic carbocycles. The second-order valence-electron chi connectivity index (χ2n) is 4.13. The minimum absolute atomic E-state index is 0.0245. The summed E-state index contributed by atoms with van der Waals surface area (Å²) in [6.45, 7) is 2.72. The van der Waals surface area contributed by atoms with Gasteiger partial charge in [0.25, 0.3) is 0 Å². The van der Waals surface area contributed by atoms with Crippen LogP contribution in [0.15, 0.2) is 24.5 Å². The highest BCUT2D eigenvalue weighted by molar-refractivity contribution is 5.90. The van der Waals surface area contributed by atoms with Crippen molar-refractivity contribution in [3.8, 4) is 5.75 Å². The number of aromatic nitrogens is 3. The van der Waals surface area contributed by atoms with Crippen molar-refractivity contribution in [2.45, 2.75) is 26.5 Å². The maximum Gasteiger partial charge on any atom is 0.339 e. The summed E-state index contributed by atoms with van der Waals surface area (Å²) < 4.78 is 20.2. The van der Waals surface area contributed by atoms with Crippen molar-refractivity contribution in [2.24, 2.45) is 0 Å². The first-order valence-corrected chi connectivity index (χ1v) is 6.14. The molecule has 0 saturated carbocycles. The average molecular weight is 279 g/mol. The van der Waals surface area contributed by atoms with Crippen LogP contribution in [-0.2, 0) is 13.2 Å². The van der Waals surface area contributed by atoms with Gasteiger partial charge < -0.3 is 9.84 Å². The lowest BCUT2D eigenvalue weighted by atomic mass is 10.2. The summed E-state index contributed by atoms with van der Waals surface area (Å²) >= 11 is 0. The summed E-state index contributed by atoms with van der Waals surface area (Å²) in [4.78, 5) is 15.1. The number of ether oxygens (including phenoxy) is 1. The van der Waals surface area contributed by atoms with Gasteiger partial charge in [-0.25, -0.2) is 18.9 Å². The summed E-state index contributed by atoms with van der Waals surface area (Å²) in [7, 11) is 0. The Morgan fingerprint density at radius 2 is 2.30 bits per heavy atom. The van der Waals surface area contributed by atoms with Gasteiger partial charge in [0.15, 0.2) is 5.82 Å². The molecule has 106 valence electrons. The van der Waals surface area contributed by atoms with Crippen LogP contribution in [0.1, 0.15) is 29.5 Å². The van der Waals surface area contributed by atoms with E-state index in [4.69, 9.17) is 9.84 Å². The Morgan fingerprint density at radius 1 is 1.50 bits per heavy atom. The highest BCUT2D eigenvalue weighted by Gasteiger charge is 2.13. The van der Waals surface area contributed by atoms with Crippen LogP contribution >= 0.6 is 0 Å². The van der Waals surface area contributed by atoms with E-state index in [9.17, 15) is 9.18 Å². The number of aromatic carboxylic acids is 1. The predicted molar refractivity (Wildman–Crippen MR) is 68.0 cm³/mol. The Kier molecular flexibility index (Phi) is 4.29. The molecule has 0 bridgehead atoms. The highest BCUT2D eigenvalue weighted by atomic mass is 19.1. The second kappa shape index (κ2) is 6.14. The fourth-order valence-corrected chi connectivity index (χ4v) is 1.73. The highest BCUT2D eigenvalue weighted by Crippen LogP contribution is 2.21. The van der Waals surface area contributed by atoms with Gasteiger partial charge in [-0.3, -0.25) is 0 Å². The van der Waals surface area contributed by atoms with Gasteiger partial charge in [0.1, 0.15) is 30.1 Å². The number of rotatable bonds is 6. The van der Waals surface area contributed by atoms with Crippen LogP contribution < -0.4 is 4.74 Å². The second-order valence-corrected chi connectivity index (χ2v) is 4.13. The molecule has 1 N–H and O–H groups in total. The summed E-state index contributed by atoms with van der Waals surface area (Å²) in [5.74, 6) is -1.19. The minimum atomic E-state index is -1.17. The van der Waals surface area contributed by atoms with Crippen molar-refractivity contribution in [2.75, 3.05) is 0 Å². The molecule has 1 heterocycles. The maximum atomic E-state index is 13.2. The number of carboxylic acids is 1. The van der Waals surface area contributed by atoms with E-state index in [1.807, 2.05) is 6.92 Å². The molecule has 0 aliphatic rings. The molecule has 0 spiro atoms. The number of halogens is 1. The number of hydrogen-bond donors (Lipinski definition) is 1. The first-order chi connectivity index (χ1) is 9.61. The molecule has 0 unspecified atom stereocenters. The van der Waals surface area contributed by atoms with Gasteiger partial charge in [0.05, 0.1) is 0 Å². The Balaban J connectivity index is 2.16. The Hall–Kier alpha value is -2.44. The van der Waals surface area contributed by atoms with E-state index in [-0.39, 0.29) is 17.9 Å². The number of nitrogens with zero attached hydrogens (tertiary/aromatic N) is 3. The topological polar surface area (TPSA) is 77.2 Å². The van der Waals surface area contributed by atoms with E-state index in [1.54, 1.807) is 4.68 Å². The van der Waals surface area contributed by atoms with Gasteiger partial charge in [-0.15, -0.1) is 0 Å². The summed E-state index contributed by atoms with van der Waals surface area (Å²) in [5, 5.41) is 13.0. The number of hydrogen-bond acceptors (Lipinski definition) is 4. The number of aryl methyl sites for hydroxylation is 1. The van der Waals surface area contributed by atoms with Crippen LogP contribution in [0.4, 0.5) is 4.39 Å². The Bertz CT molecular complexity index is 613. The Labute approximate surface area is 114 Å². The lowest BCUT2D eigenvalue weighted by Crippen LogP contribution is -2.10. The zero-order chi connectivity index (χ0) is 14.5. The molecule has 6 nitrogen and oxygen atoms in total.